The Morgan fingerprint density at radius 3 is 2.26 bits per heavy atom. The van der Waals surface area contributed by atoms with Gasteiger partial charge in [-0.15, -0.1) is 0 Å². The number of carbonyl (C=O) groups is 2. The lowest BCUT2D eigenvalue weighted by Gasteiger charge is -2.08. The maximum atomic E-state index is 13.1. The summed E-state index contributed by atoms with van der Waals surface area (Å²) < 4.78 is 18.1. The number of amides is 1. The number of anilines is 1. The molecule has 0 radical (unpaired) electrons. The molecular formula is C21H15ClFNO3. The highest BCUT2D eigenvalue weighted by Gasteiger charge is 2.11. The summed E-state index contributed by atoms with van der Waals surface area (Å²) in [6.07, 6.45) is 0. The van der Waals surface area contributed by atoms with Gasteiger partial charge in [0, 0.05) is 5.69 Å². The number of halogens is 2. The van der Waals surface area contributed by atoms with E-state index in [9.17, 15) is 14.0 Å². The molecule has 0 saturated carbocycles. The Labute approximate surface area is 160 Å². The molecule has 0 spiro atoms. The van der Waals surface area contributed by atoms with Gasteiger partial charge in [0.1, 0.15) is 5.82 Å². The monoisotopic (exact) mass is 383 g/mol. The predicted molar refractivity (Wildman–Crippen MR) is 102 cm³/mol. The van der Waals surface area contributed by atoms with Gasteiger partial charge >= 0.3 is 5.97 Å². The number of benzene rings is 3. The van der Waals surface area contributed by atoms with E-state index in [1.807, 2.05) is 42.5 Å². The summed E-state index contributed by atoms with van der Waals surface area (Å²) in [5.41, 5.74) is 2.66. The summed E-state index contributed by atoms with van der Waals surface area (Å²) >= 11 is 5.65. The number of hydrogen-bond donors (Lipinski definition) is 1. The largest absolute Gasteiger partial charge is 0.452 e. The number of ether oxygens (including phenoxy) is 1. The molecule has 0 atom stereocenters. The molecule has 6 heteroatoms. The lowest BCUT2D eigenvalue weighted by atomic mass is 10.0. The van der Waals surface area contributed by atoms with E-state index in [2.05, 4.69) is 5.32 Å². The zero-order valence-electron chi connectivity index (χ0n) is 14.1. The Kier molecular flexibility index (Phi) is 5.84. The van der Waals surface area contributed by atoms with Crippen LogP contribution in [-0.2, 0) is 9.53 Å². The second kappa shape index (κ2) is 8.47. The smallest absolute Gasteiger partial charge is 0.338 e. The fourth-order valence-corrected chi connectivity index (χ4v) is 2.60. The highest BCUT2D eigenvalue weighted by Crippen LogP contribution is 2.20. The first-order valence-electron chi connectivity index (χ1n) is 8.10. The average molecular weight is 384 g/mol. The van der Waals surface area contributed by atoms with Gasteiger partial charge in [0.25, 0.3) is 5.91 Å². The van der Waals surface area contributed by atoms with Crippen LogP contribution in [-0.4, -0.2) is 18.5 Å². The van der Waals surface area contributed by atoms with Gasteiger partial charge in [0.15, 0.2) is 6.61 Å². The van der Waals surface area contributed by atoms with Crippen LogP contribution in [0.15, 0.2) is 72.8 Å². The van der Waals surface area contributed by atoms with Gasteiger partial charge in [0.2, 0.25) is 0 Å². The van der Waals surface area contributed by atoms with Crippen LogP contribution in [0.4, 0.5) is 10.1 Å². The van der Waals surface area contributed by atoms with Gasteiger partial charge in [-0.25, -0.2) is 9.18 Å². The average Bonchev–Trinajstić information content (AvgIpc) is 2.70. The van der Waals surface area contributed by atoms with E-state index in [0.717, 1.165) is 17.2 Å². The van der Waals surface area contributed by atoms with E-state index in [1.165, 1.54) is 12.1 Å². The molecule has 3 aromatic rings. The molecule has 0 aliphatic heterocycles. The first-order valence-corrected chi connectivity index (χ1v) is 8.48. The molecule has 0 saturated heterocycles. The fraction of sp³-hybridized carbons (Fsp3) is 0.0476. The highest BCUT2D eigenvalue weighted by molar-refractivity contribution is 6.31. The Balaban J connectivity index is 1.55. The van der Waals surface area contributed by atoms with Crippen molar-refractivity contribution in [3.05, 3.63) is 89.2 Å². The van der Waals surface area contributed by atoms with Crippen molar-refractivity contribution in [2.45, 2.75) is 0 Å². The lowest BCUT2D eigenvalue weighted by molar-refractivity contribution is -0.119. The molecule has 136 valence electrons. The lowest BCUT2D eigenvalue weighted by Crippen LogP contribution is -2.20. The summed E-state index contributed by atoms with van der Waals surface area (Å²) in [4.78, 5) is 23.9. The van der Waals surface area contributed by atoms with Gasteiger partial charge < -0.3 is 10.1 Å². The highest BCUT2D eigenvalue weighted by atomic mass is 35.5. The Morgan fingerprint density at radius 2 is 1.59 bits per heavy atom. The summed E-state index contributed by atoms with van der Waals surface area (Å²) in [6, 6.07) is 20.4. The first-order chi connectivity index (χ1) is 13.0. The third-order valence-corrected chi connectivity index (χ3v) is 4.06. The van der Waals surface area contributed by atoms with Crippen LogP contribution in [0.1, 0.15) is 10.4 Å². The van der Waals surface area contributed by atoms with Crippen molar-refractivity contribution in [1.82, 2.24) is 0 Å². The number of hydrogen-bond acceptors (Lipinski definition) is 3. The topological polar surface area (TPSA) is 55.4 Å². The van der Waals surface area contributed by atoms with Crippen molar-refractivity contribution >= 4 is 29.2 Å². The van der Waals surface area contributed by atoms with E-state index in [-0.39, 0.29) is 5.02 Å². The summed E-state index contributed by atoms with van der Waals surface area (Å²) in [5, 5.41) is 2.37. The number of esters is 1. The van der Waals surface area contributed by atoms with Gasteiger partial charge in [-0.2, -0.15) is 0 Å². The zero-order chi connectivity index (χ0) is 19.2. The van der Waals surface area contributed by atoms with Gasteiger partial charge in [-0.05, 0) is 41.5 Å². The van der Waals surface area contributed by atoms with Crippen molar-refractivity contribution in [3.63, 3.8) is 0 Å². The molecule has 0 aliphatic rings. The maximum absolute atomic E-state index is 13.1. The molecule has 27 heavy (non-hydrogen) atoms. The third kappa shape index (κ3) is 4.92. The second-order valence-electron chi connectivity index (χ2n) is 5.70. The van der Waals surface area contributed by atoms with Crippen LogP contribution < -0.4 is 5.32 Å². The van der Waals surface area contributed by atoms with Crippen molar-refractivity contribution in [3.8, 4) is 11.1 Å². The van der Waals surface area contributed by atoms with Crippen molar-refractivity contribution in [1.29, 1.82) is 0 Å². The molecule has 4 nitrogen and oxygen atoms in total. The minimum absolute atomic E-state index is 0.108. The Morgan fingerprint density at radius 1 is 0.926 bits per heavy atom. The molecule has 3 aromatic carbocycles. The summed E-state index contributed by atoms with van der Waals surface area (Å²) in [6.45, 7) is -0.464. The molecule has 0 fully saturated rings. The molecule has 1 N–H and O–H groups in total. The van der Waals surface area contributed by atoms with Crippen LogP contribution in [0.3, 0.4) is 0 Å². The molecule has 0 bridgehead atoms. The van der Waals surface area contributed by atoms with Crippen LogP contribution >= 0.6 is 11.6 Å². The first kappa shape index (κ1) is 18.6. The van der Waals surface area contributed by atoms with Crippen LogP contribution in [0.25, 0.3) is 11.1 Å². The summed E-state index contributed by atoms with van der Waals surface area (Å²) in [7, 11) is 0. The number of rotatable bonds is 5. The van der Waals surface area contributed by atoms with Crippen molar-refractivity contribution < 1.29 is 18.7 Å². The standard InChI is InChI=1S/C21H15ClFNO3/c22-18-12-17(10-11-19(18)23)24-20(25)13-27-21(26)16-8-6-15(7-9-16)14-4-2-1-3-5-14/h1-12H,13H2,(H,24,25). The van der Waals surface area contributed by atoms with Crippen molar-refractivity contribution in [2.24, 2.45) is 0 Å². The molecule has 1 amide bonds. The molecular weight excluding hydrogens is 369 g/mol. The minimum Gasteiger partial charge on any atom is -0.452 e. The third-order valence-electron chi connectivity index (χ3n) is 3.77. The zero-order valence-corrected chi connectivity index (χ0v) is 14.9. The molecule has 0 aromatic heterocycles. The van der Waals surface area contributed by atoms with Gasteiger partial charge in [0.05, 0.1) is 10.6 Å². The van der Waals surface area contributed by atoms with Gasteiger partial charge in [-0.3, -0.25) is 4.79 Å². The van der Waals surface area contributed by atoms with E-state index in [4.69, 9.17) is 16.3 Å². The molecule has 0 aliphatic carbocycles. The SMILES string of the molecule is O=C(COC(=O)c1ccc(-c2ccccc2)cc1)Nc1ccc(F)c(Cl)c1. The van der Waals surface area contributed by atoms with Crippen LogP contribution in [0.2, 0.25) is 5.02 Å². The van der Waals surface area contributed by atoms with E-state index >= 15 is 0 Å². The number of nitrogens with one attached hydrogen (secondary N) is 1. The molecule has 0 unspecified atom stereocenters. The number of carbonyl (C=O) groups excluding carboxylic acids is 2. The minimum atomic E-state index is -0.609. The maximum Gasteiger partial charge on any atom is 0.338 e. The van der Waals surface area contributed by atoms with Crippen molar-refractivity contribution in [2.75, 3.05) is 11.9 Å². The Hall–Kier alpha value is -3.18. The quantitative estimate of drug-likeness (QED) is 0.635. The molecule has 3 rings (SSSR count). The normalized spacial score (nSPS) is 10.3. The van der Waals surface area contributed by atoms with E-state index in [0.29, 0.717) is 11.3 Å². The fourth-order valence-electron chi connectivity index (χ4n) is 2.41. The van der Waals surface area contributed by atoms with Crippen LogP contribution in [0, 0.1) is 5.82 Å². The molecule has 0 heterocycles. The van der Waals surface area contributed by atoms with Crippen LogP contribution in [0.5, 0.6) is 0 Å². The predicted octanol–water partition coefficient (Wildman–Crippen LogP) is 4.94. The second-order valence-corrected chi connectivity index (χ2v) is 6.10. The summed E-state index contributed by atoms with van der Waals surface area (Å²) in [5.74, 6) is -1.74. The van der Waals surface area contributed by atoms with Gasteiger partial charge in [-0.1, -0.05) is 54.1 Å². The Bertz CT molecular complexity index is 959. The van der Waals surface area contributed by atoms with E-state index < -0.39 is 24.3 Å². The van der Waals surface area contributed by atoms with E-state index in [1.54, 1.807) is 12.1 Å².